The van der Waals surface area contributed by atoms with E-state index in [2.05, 4.69) is 36.2 Å². The molecule has 0 bridgehead atoms. The van der Waals surface area contributed by atoms with Gasteiger partial charge in [-0.25, -0.2) is 4.98 Å². The molecule has 166 valence electrons. The highest BCUT2D eigenvalue weighted by atomic mass is 32.2. The van der Waals surface area contributed by atoms with Crippen molar-refractivity contribution in [3.05, 3.63) is 77.4 Å². The maximum atomic E-state index is 12.8. The van der Waals surface area contributed by atoms with Crippen molar-refractivity contribution in [1.29, 1.82) is 0 Å². The summed E-state index contributed by atoms with van der Waals surface area (Å²) >= 11 is 3.24. The summed E-state index contributed by atoms with van der Waals surface area (Å²) in [6.07, 6.45) is -3.42. The number of hydrogen-bond acceptors (Lipinski definition) is 4. The number of ether oxygens (including phenoxy) is 1. The van der Waals surface area contributed by atoms with Crippen LogP contribution in [0.25, 0.3) is 20.8 Å². The Morgan fingerprint density at radius 1 is 0.969 bits per heavy atom. The summed E-state index contributed by atoms with van der Waals surface area (Å²) in [4.78, 5) is 5.85. The van der Waals surface area contributed by atoms with Gasteiger partial charge < -0.3 is 4.74 Å². The van der Waals surface area contributed by atoms with E-state index in [1.165, 1.54) is 33.9 Å². The molecule has 1 heterocycles. The van der Waals surface area contributed by atoms with E-state index in [0.717, 1.165) is 50.8 Å². The van der Waals surface area contributed by atoms with E-state index in [9.17, 15) is 13.2 Å². The predicted molar refractivity (Wildman–Crippen MR) is 127 cm³/mol. The largest absolute Gasteiger partial charge is 0.494 e. The highest BCUT2D eigenvalue weighted by Gasteiger charge is 2.30. The van der Waals surface area contributed by atoms with Crippen LogP contribution in [0, 0.1) is 0 Å². The second-order valence-corrected chi connectivity index (χ2v) is 9.32. The highest BCUT2D eigenvalue weighted by Crippen LogP contribution is 2.35. The first kappa shape index (κ1) is 22.7. The third-order valence-corrected chi connectivity index (χ3v) is 7.18. The summed E-state index contributed by atoms with van der Waals surface area (Å²) in [5.41, 5.74) is 3.26. The van der Waals surface area contributed by atoms with E-state index >= 15 is 0 Å². The van der Waals surface area contributed by atoms with Gasteiger partial charge in [0, 0.05) is 16.2 Å². The molecule has 0 atom stereocenters. The van der Waals surface area contributed by atoms with Gasteiger partial charge in [0.1, 0.15) is 10.8 Å². The normalized spacial score (nSPS) is 11.8. The molecular formula is C25H22F3NOS2. The van der Waals surface area contributed by atoms with Crippen LogP contribution in [-0.2, 0) is 18.3 Å². The molecule has 0 aliphatic carbocycles. The second kappa shape index (κ2) is 9.55. The van der Waals surface area contributed by atoms with Crippen LogP contribution in [0.5, 0.6) is 5.75 Å². The Bertz CT molecular complexity index is 1220. The zero-order chi connectivity index (χ0) is 22.7. The van der Waals surface area contributed by atoms with Crippen molar-refractivity contribution in [2.75, 3.05) is 6.61 Å². The monoisotopic (exact) mass is 473 g/mol. The number of benzene rings is 3. The van der Waals surface area contributed by atoms with Crippen molar-refractivity contribution < 1.29 is 17.9 Å². The number of fused-ring (bicyclic) bond motifs is 1. The summed E-state index contributed by atoms with van der Waals surface area (Å²) in [6, 6.07) is 17.6. The molecule has 0 N–H and O–H groups in total. The molecule has 4 rings (SSSR count). The molecular weight excluding hydrogens is 451 g/mol. The average molecular weight is 474 g/mol. The van der Waals surface area contributed by atoms with Gasteiger partial charge in [-0.3, -0.25) is 0 Å². The molecule has 0 unspecified atom stereocenters. The Hall–Kier alpha value is -2.51. The van der Waals surface area contributed by atoms with E-state index in [0.29, 0.717) is 12.2 Å². The zero-order valence-electron chi connectivity index (χ0n) is 17.7. The van der Waals surface area contributed by atoms with Crippen molar-refractivity contribution in [1.82, 2.24) is 4.98 Å². The number of thiazole rings is 1. The van der Waals surface area contributed by atoms with E-state index in [1.807, 2.05) is 19.1 Å². The molecule has 7 heteroatoms. The van der Waals surface area contributed by atoms with Gasteiger partial charge in [0.15, 0.2) is 0 Å². The smallest absolute Gasteiger partial charge is 0.416 e. The number of alkyl halides is 3. The van der Waals surface area contributed by atoms with Gasteiger partial charge in [0.25, 0.3) is 0 Å². The van der Waals surface area contributed by atoms with Crippen LogP contribution in [0.2, 0.25) is 0 Å². The summed E-state index contributed by atoms with van der Waals surface area (Å²) in [5.74, 6) is 1.75. The molecule has 2 nitrogen and oxygen atoms in total. The van der Waals surface area contributed by atoms with Gasteiger partial charge in [-0.05, 0) is 66.9 Å². The Morgan fingerprint density at radius 3 is 2.44 bits per heavy atom. The van der Waals surface area contributed by atoms with Crippen molar-refractivity contribution in [3.8, 4) is 16.3 Å². The number of aromatic nitrogens is 1. The predicted octanol–water partition coefficient (Wildman–Crippen LogP) is 8.24. The quantitative estimate of drug-likeness (QED) is 0.252. The van der Waals surface area contributed by atoms with Gasteiger partial charge in [-0.15, -0.1) is 23.1 Å². The number of rotatable bonds is 7. The lowest BCUT2D eigenvalue weighted by Gasteiger charge is -2.10. The summed E-state index contributed by atoms with van der Waals surface area (Å²) in [5, 5.41) is 0.720. The topological polar surface area (TPSA) is 22.1 Å². The van der Waals surface area contributed by atoms with Crippen LogP contribution in [0.3, 0.4) is 0 Å². The molecule has 0 aliphatic rings. The van der Waals surface area contributed by atoms with Crippen molar-refractivity contribution in [3.63, 3.8) is 0 Å². The van der Waals surface area contributed by atoms with Crippen LogP contribution < -0.4 is 4.74 Å². The molecule has 0 fully saturated rings. The van der Waals surface area contributed by atoms with Crippen LogP contribution in [-0.4, -0.2) is 11.6 Å². The molecule has 0 amide bonds. The number of nitrogens with zero attached hydrogens (tertiary/aromatic N) is 1. The minimum atomic E-state index is -4.33. The summed E-state index contributed by atoms with van der Waals surface area (Å²) in [6.45, 7) is 4.76. The Kier molecular flexibility index (Phi) is 6.76. The van der Waals surface area contributed by atoms with E-state index < -0.39 is 11.7 Å². The van der Waals surface area contributed by atoms with Gasteiger partial charge in [-0.2, -0.15) is 13.2 Å². The number of hydrogen-bond donors (Lipinski definition) is 0. The van der Waals surface area contributed by atoms with Gasteiger partial charge in [0.2, 0.25) is 0 Å². The molecule has 1 aromatic heterocycles. The summed E-state index contributed by atoms with van der Waals surface area (Å²) in [7, 11) is 0. The van der Waals surface area contributed by atoms with Gasteiger partial charge in [-0.1, -0.05) is 25.1 Å². The molecule has 0 saturated heterocycles. The molecule has 4 aromatic rings. The van der Waals surface area contributed by atoms with Crippen molar-refractivity contribution >= 4 is 33.3 Å². The maximum Gasteiger partial charge on any atom is 0.416 e. The number of aryl methyl sites for hydroxylation is 1. The molecule has 3 aromatic carbocycles. The second-order valence-electron chi connectivity index (χ2n) is 7.24. The van der Waals surface area contributed by atoms with Gasteiger partial charge >= 0.3 is 6.18 Å². The van der Waals surface area contributed by atoms with Crippen LogP contribution in [0.15, 0.2) is 65.6 Å². The Balaban J connectivity index is 1.50. The average Bonchev–Trinajstić information content (AvgIpc) is 3.21. The fraction of sp³-hybridized carbons (Fsp3) is 0.240. The molecule has 0 spiro atoms. The molecule has 0 saturated carbocycles. The number of thioether (sulfide) groups is 1. The van der Waals surface area contributed by atoms with Crippen LogP contribution in [0.1, 0.15) is 30.5 Å². The van der Waals surface area contributed by atoms with E-state index in [4.69, 9.17) is 4.74 Å². The Morgan fingerprint density at radius 2 is 1.75 bits per heavy atom. The molecule has 0 radical (unpaired) electrons. The van der Waals surface area contributed by atoms with Crippen LogP contribution >= 0.6 is 23.1 Å². The minimum Gasteiger partial charge on any atom is -0.494 e. The Labute approximate surface area is 193 Å². The highest BCUT2D eigenvalue weighted by molar-refractivity contribution is 7.98. The van der Waals surface area contributed by atoms with Crippen LogP contribution in [0.4, 0.5) is 13.2 Å². The molecule has 32 heavy (non-hydrogen) atoms. The SMILES string of the molecule is CCOc1ccc(SCc2ccc3sc(-c4ccc(C(F)(F)F)cc4)nc3c2)cc1CC. The fourth-order valence-electron chi connectivity index (χ4n) is 3.37. The maximum absolute atomic E-state index is 12.8. The van der Waals surface area contributed by atoms with Crippen molar-refractivity contribution in [2.45, 2.75) is 37.1 Å². The lowest BCUT2D eigenvalue weighted by molar-refractivity contribution is -0.137. The first-order chi connectivity index (χ1) is 15.4. The lowest BCUT2D eigenvalue weighted by atomic mass is 10.1. The minimum absolute atomic E-state index is 0.651. The molecule has 0 aliphatic heterocycles. The van der Waals surface area contributed by atoms with Crippen molar-refractivity contribution in [2.24, 2.45) is 0 Å². The first-order valence-corrected chi connectivity index (χ1v) is 12.1. The fourth-order valence-corrected chi connectivity index (χ4v) is 5.23. The summed E-state index contributed by atoms with van der Waals surface area (Å²) < 4.78 is 45.1. The van der Waals surface area contributed by atoms with E-state index in [-0.39, 0.29) is 0 Å². The lowest BCUT2D eigenvalue weighted by Crippen LogP contribution is -2.03. The third-order valence-electron chi connectivity index (χ3n) is 5.03. The van der Waals surface area contributed by atoms with E-state index in [1.54, 1.807) is 11.8 Å². The number of halogens is 3. The first-order valence-electron chi connectivity index (χ1n) is 10.3. The third kappa shape index (κ3) is 5.10. The van der Waals surface area contributed by atoms with Gasteiger partial charge in [0.05, 0.1) is 22.4 Å². The zero-order valence-corrected chi connectivity index (χ0v) is 19.3. The standard InChI is InChI=1S/C25H22F3NOS2/c1-3-17-14-20(10-11-22(17)30-4-2)31-15-16-5-12-23-21(13-16)29-24(32-23)18-6-8-19(9-7-18)25(26,27)28/h5-14H,3-4,15H2,1-2H3.